The summed E-state index contributed by atoms with van der Waals surface area (Å²) in [5.41, 5.74) is 6.62. The molecule has 4 heteroatoms. The molecule has 84 valence electrons. The molecular weight excluding hydrogens is 190 g/mol. The highest BCUT2D eigenvalue weighted by Crippen LogP contribution is 2.05. The summed E-state index contributed by atoms with van der Waals surface area (Å²) in [5.74, 6) is 0.379. The molecule has 0 bridgehead atoms. The number of hydrogen-bond acceptors (Lipinski definition) is 2. The van der Waals surface area contributed by atoms with Crippen molar-refractivity contribution in [3.63, 3.8) is 0 Å². The quantitative estimate of drug-likeness (QED) is 0.654. The van der Waals surface area contributed by atoms with E-state index in [1.165, 1.54) is 0 Å². The largest absolute Gasteiger partial charge is 0.367 e. The standard InChI is InChI=1S/C11H19N3O/c1-2-9(6-12)5-11(15)14-8-10-3-4-13-7-10/h3-4,7,9,13H,2,5-6,8,12H2,1H3,(H,14,15). The molecule has 0 aliphatic carbocycles. The van der Waals surface area contributed by atoms with Crippen molar-refractivity contribution in [3.05, 3.63) is 24.0 Å². The molecule has 0 saturated carbocycles. The van der Waals surface area contributed by atoms with Crippen LogP contribution in [0.2, 0.25) is 0 Å². The Morgan fingerprint density at radius 1 is 1.67 bits per heavy atom. The third kappa shape index (κ3) is 4.16. The van der Waals surface area contributed by atoms with Crippen LogP contribution in [-0.4, -0.2) is 17.4 Å². The molecule has 1 aromatic heterocycles. The monoisotopic (exact) mass is 209 g/mol. The van der Waals surface area contributed by atoms with E-state index in [2.05, 4.69) is 17.2 Å². The molecule has 0 saturated heterocycles. The average Bonchev–Trinajstić information content (AvgIpc) is 2.75. The van der Waals surface area contributed by atoms with E-state index < -0.39 is 0 Å². The minimum atomic E-state index is 0.0773. The van der Waals surface area contributed by atoms with Crippen LogP contribution in [0.1, 0.15) is 25.3 Å². The highest BCUT2D eigenvalue weighted by atomic mass is 16.1. The predicted octanol–water partition coefficient (Wildman–Crippen LogP) is 1.01. The third-order valence-electron chi connectivity index (χ3n) is 2.54. The normalized spacial score (nSPS) is 12.4. The van der Waals surface area contributed by atoms with Crippen molar-refractivity contribution in [2.45, 2.75) is 26.3 Å². The van der Waals surface area contributed by atoms with Crippen LogP contribution in [0.4, 0.5) is 0 Å². The van der Waals surface area contributed by atoms with Gasteiger partial charge in [0.2, 0.25) is 5.91 Å². The Morgan fingerprint density at radius 3 is 3.00 bits per heavy atom. The number of aromatic amines is 1. The van der Waals surface area contributed by atoms with Crippen LogP contribution in [0.3, 0.4) is 0 Å². The van der Waals surface area contributed by atoms with E-state index in [-0.39, 0.29) is 5.91 Å². The molecule has 0 spiro atoms. The van der Waals surface area contributed by atoms with E-state index in [1.54, 1.807) is 0 Å². The van der Waals surface area contributed by atoms with Crippen molar-refractivity contribution < 1.29 is 4.79 Å². The lowest BCUT2D eigenvalue weighted by Gasteiger charge is -2.11. The molecule has 15 heavy (non-hydrogen) atoms. The zero-order valence-electron chi connectivity index (χ0n) is 9.12. The highest BCUT2D eigenvalue weighted by Gasteiger charge is 2.09. The smallest absolute Gasteiger partial charge is 0.220 e. The summed E-state index contributed by atoms with van der Waals surface area (Å²) < 4.78 is 0. The summed E-state index contributed by atoms with van der Waals surface area (Å²) in [5, 5.41) is 2.87. The van der Waals surface area contributed by atoms with Gasteiger partial charge in [-0.25, -0.2) is 0 Å². The van der Waals surface area contributed by atoms with Gasteiger partial charge in [-0.1, -0.05) is 13.3 Å². The van der Waals surface area contributed by atoms with Crippen LogP contribution < -0.4 is 11.1 Å². The lowest BCUT2D eigenvalue weighted by molar-refractivity contribution is -0.122. The summed E-state index contributed by atoms with van der Waals surface area (Å²) >= 11 is 0. The molecular formula is C11H19N3O. The molecule has 1 heterocycles. The van der Waals surface area contributed by atoms with E-state index in [9.17, 15) is 4.79 Å². The Balaban J connectivity index is 2.24. The number of aromatic nitrogens is 1. The Hall–Kier alpha value is -1.29. The minimum absolute atomic E-state index is 0.0773. The Kier molecular flexibility index (Phi) is 4.90. The van der Waals surface area contributed by atoms with Gasteiger partial charge in [-0.15, -0.1) is 0 Å². The molecule has 4 N–H and O–H groups in total. The van der Waals surface area contributed by atoms with Gasteiger partial charge in [0.05, 0.1) is 0 Å². The molecule has 0 aromatic carbocycles. The number of carbonyl (C=O) groups excluding carboxylic acids is 1. The van der Waals surface area contributed by atoms with Crippen LogP contribution >= 0.6 is 0 Å². The fraction of sp³-hybridized carbons (Fsp3) is 0.545. The maximum absolute atomic E-state index is 11.5. The second-order valence-electron chi connectivity index (χ2n) is 3.71. The zero-order valence-corrected chi connectivity index (χ0v) is 9.12. The van der Waals surface area contributed by atoms with Gasteiger partial charge in [0, 0.05) is 25.4 Å². The Labute approximate surface area is 90.2 Å². The topological polar surface area (TPSA) is 70.9 Å². The molecule has 1 atom stereocenters. The first-order valence-corrected chi connectivity index (χ1v) is 5.34. The second kappa shape index (κ2) is 6.24. The van der Waals surface area contributed by atoms with Gasteiger partial charge in [0.25, 0.3) is 0 Å². The van der Waals surface area contributed by atoms with Crippen molar-refractivity contribution in [3.8, 4) is 0 Å². The number of hydrogen-bond donors (Lipinski definition) is 3. The Bertz CT molecular complexity index is 278. The van der Waals surface area contributed by atoms with Crippen molar-refractivity contribution in [2.24, 2.45) is 11.7 Å². The van der Waals surface area contributed by atoms with Crippen molar-refractivity contribution in [2.75, 3.05) is 6.54 Å². The number of amides is 1. The van der Waals surface area contributed by atoms with Gasteiger partial charge < -0.3 is 16.0 Å². The lowest BCUT2D eigenvalue weighted by Crippen LogP contribution is -2.27. The molecule has 0 fully saturated rings. The van der Waals surface area contributed by atoms with Gasteiger partial charge in [-0.05, 0) is 24.1 Å². The molecule has 0 radical (unpaired) electrons. The van der Waals surface area contributed by atoms with Crippen LogP contribution in [-0.2, 0) is 11.3 Å². The number of nitrogens with two attached hydrogens (primary N) is 1. The van der Waals surface area contributed by atoms with Crippen LogP contribution in [0.15, 0.2) is 18.5 Å². The average molecular weight is 209 g/mol. The SMILES string of the molecule is CCC(CN)CC(=O)NCc1cc[nH]c1. The molecule has 1 amide bonds. The minimum Gasteiger partial charge on any atom is -0.367 e. The van der Waals surface area contributed by atoms with E-state index in [0.29, 0.717) is 25.4 Å². The maximum atomic E-state index is 11.5. The fourth-order valence-corrected chi connectivity index (χ4v) is 1.40. The summed E-state index contributed by atoms with van der Waals surface area (Å²) in [6, 6.07) is 1.94. The van der Waals surface area contributed by atoms with E-state index in [0.717, 1.165) is 12.0 Å². The summed E-state index contributed by atoms with van der Waals surface area (Å²) in [4.78, 5) is 14.4. The Morgan fingerprint density at radius 2 is 2.47 bits per heavy atom. The summed E-state index contributed by atoms with van der Waals surface area (Å²) in [6.07, 6.45) is 5.20. The van der Waals surface area contributed by atoms with Crippen molar-refractivity contribution in [1.82, 2.24) is 10.3 Å². The number of rotatable bonds is 6. The van der Waals surface area contributed by atoms with Gasteiger partial charge in [0.15, 0.2) is 0 Å². The van der Waals surface area contributed by atoms with Crippen LogP contribution in [0, 0.1) is 5.92 Å². The van der Waals surface area contributed by atoms with E-state index in [1.807, 2.05) is 18.5 Å². The number of nitrogens with one attached hydrogen (secondary N) is 2. The number of carbonyl (C=O) groups is 1. The first kappa shape index (κ1) is 11.8. The third-order valence-corrected chi connectivity index (χ3v) is 2.54. The van der Waals surface area contributed by atoms with Crippen molar-refractivity contribution in [1.29, 1.82) is 0 Å². The summed E-state index contributed by atoms with van der Waals surface area (Å²) in [6.45, 7) is 3.22. The maximum Gasteiger partial charge on any atom is 0.220 e. The van der Waals surface area contributed by atoms with Crippen LogP contribution in [0.25, 0.3) is 0 Å². The van der Waals surface area contributed by atoms with E-state index in [4.69, 9.17) is 5.73 Å². The molecule has 1 aromatic rings. The first-order valence-electron chi connectivity index (χ1n) is 5.34. The van der Waals surface area contributed by atoms with Crippen LogP contribution in [0.5, 0.6) is 0 Å². The second-order valence-corrected chi connectivity index (χ2v) is 3.71. The molecule has 0 aliphatic rings. The fourth-order valence-electron chi connectivity index (χ4n) is 1.40. The summed E-state index contributed by atoms with van der Waals surface area (Å²) in [7, 11) is 0. The van der Waals surface area contributed by atoms with Gasteiger partial charge in [-0.3, -0.25) is 4.79 Å². The van der Waals surface area contributed by atoms with Gasteiger partial charge in [-0.2, -0.15) is 0 Å². The number of H-pyrrole nitrogens is 1. The van der Waals surface area contributed by atoms with Gasteiger partial charge in [0.1, 0.15) is 0 Å². The molecule has 4 nitrogen and oxygen atoms in total. The molecule has 1 unspecified atom stereocenters. The lowest BCUT2D eigenvalue weighted by atomic mass is 10.0. The van der Waals surface area contributed by atoms with Gasteiger partial charge >= 0.3 is 0 Å². The predicted molar refractivity (Wildman–Crippen MR) is 60.1 cm³/mol. The van der Waals surface area contributed by atoms with E-state index >= 15 is 0 Å². The molecule has 0 aliphatic heterocycles. The molecule has 1 rings (SSSR count). The zero-order chi connectivity index (χ0) is 11.1. The van der Waals surface area contributed by atoms with Crippen molar-refractivity contribution >= 4 is 5.91 Å². The highest BCUT2D eigenvalue weighted by molar-refractivity contribution is 5.76. The first-order chi connectivity index (χ1) is 7.26.